The number of carbonyl (C=O) groups excluding carboxylic acids is 1. The topological polar surface area (TPSA) is 155 Å². The maximum absolute atomic E-state index is 13.2. The number of pyridine rings is 1. The molecule has 0 spiro atoms. The lowest BCUT2D eigenvalue weighted by molar-refractivity contribution is 0.0285. The van der Waals surface area contributed by atoms with Crippen molar-refractivity contribution in [2.75, 3.05) is 31.1 Å². The third kappa shape index (κ3) is 6.62. The molecule has 0 bridgehead atoms. The van der Waals surface area contributed by atoms with Crippen LogP contribution in [0.5, 0.6) is 5.88 Å². The highest BCUT2D eigenvalue weighted by Crippen LogP contribution is 2.30. The van der Waals surface area contributed by atoms with Gasteiger partial charge in [0.1, 0.15) is 5.69 Å². The zero-order chi connectivity index (χ0) is 26.5. The van der Waals surface area contributed by atoms with Crippen molar-refractivity contribution in [1.82, 2.24) is 25.3 Å². The Kier molecular flexibility index (Phi) is 8.12. The fourth-order valence-corrected chi connectivity index (χ4v) is 5.96. The lowest BCUT2D eigenvalue weighted by Gasteiger charge is -2.20. The lowest BCUT2D eigenvalue weighted by atomic mass is 10.2. The van der Waals surface area contributed by atoms with Crippen LogP contribution < -0.4 is 14.8 Å². The van der Waals surface area contributed by atoms with Crippen molar-refractivity contribution in [1.29, 1.82) is 0 Å². The molecule has 1 saturated carbocycles. The van der Waals surface area contributed by atoms with Crippen molar-refractivity contribution < 1.29 is 27.4 Å². The lowest BCUT2D eigenvalue weighted by Crippen LogP contribution is -2.33. The molecule has 5 rings (SSSR count). The van der Waals surface area contributed by atoms with Gasteiger partial charge in [-0.05, 0) is 38.3 Å². The summed E-state index contributed by atoms with van der Waals surface area (Å²) in [6.45, 7) is 3.55. The fourth-order valence-electron chi connectivity index (χ4n) is 3.81. The summed E-state index contributed by atoms with van der Waals surface area (Å²) in [5.41, 5.74) is 1.39. The number of sulfonamides is 1. The molecule has 2 aliphatic rings. The number of hydrogen-bond acceptors (Lipinski definition) is 11. The van der Waals surface area contributed by atoms with Crippen molar-refractivity contribution in [3.8, 4) is 16.5 Å². The number of amides is 1. The average molecular weight is 561 g/mol. The molecule has 4 heterocycles. The molecule has 14 heteroatoms. The molecule has 2 N–H and O–H groups in total. The molecule has 2 fully saturated rings. The molecular formula is C24H28N6O6S2. The Morgan fingerprint density at radius 3 is 2.87 bits per heavy atom. The summed E-state index contributed by atoms with van der Waals surface area (Å²) >= 11 is 1.17. The van der Waals surface area contributed by atoms with E-state index in [2.05, 4.69) is 30.0 Å². The standard InChI is InChI=1S/C24H28N6O6S2/c1-2-35-22-12-25-10-19(28-22)21-11-27-24(37-21)23(31)29-20(14-36-16-6-8-34-13-16)18-9-15(5-7-26-18)30-38(32,33)17-3-4-17/h5,7,9-12,16-17,20H,2-4,6,8,13-14H2,1H3,(H,26,30)(H,29,31)/t16-,20-/m1/s1. The van der Waals surface area contributed by atoms with E-state index < -0.39 is 22.0 Å². The number of nitrogens with one attached hydrogen (secondary N) is 2. The number of ether oxygens (including phenoxy) is 3. The second-order valence-electron chi connectivity index (χ2n) is 8.87. The molecule has 38 heavy (non-hydrogen) atoms. The van der Waals surface area contributed by atoms with Crippen LogP contribution in [0.25, 0.3) is 10.6 Å². The van der Waals surface area contributed by atoms with E-state index >= 15 is 0 Å². The van der Waals surface area contributed by atoms with E-state index in [4.69, 9.17) is 14.2 Å². The second kappa shape index (κ2) is 11.7. The summed E-state index contributed by atoms with van der Waals surface area (Å²) in [4.78, 5) is 31.1. The Bertz CT molecular complexity index is 1370. The molecule has 3 aromatic rings. The molecule has 12 nitrogen and oxygen atoms in total. The van der Waals surface area contributed by atoms with E-state index in [1.54, 1.807) is 24.5 Å². The smallest absolute Gasteiger partial charge is 0.280 e. The number of thiazole rings is 1. The number of hydrogen-bond donors (Lipinski definition) is 2. The highest BCUT2D eigenvalue weighted by Gasteiger charge is 2.36. The van der Waals surface area contributed by atoms with Crippen LogP contribution in [-0.2, 0) is 19.5 Å². The number of aromatic nitrogens is 4. The first-order chi connectivity index (χ1) is 18.4. The summed E-state index contributed by atoms with van der Waals surface area (Å²) in [6, 6.07) is 2.54. The van der Waals surface area contributed by atoms with Crippen molar-refractivity contribution in [2.45, 2.75) is 43.6 Å². The van der Waals surface area contributed by atoms with Gasteiger partial charge in [0.2, 0.25) is 15.9 Å². The molecule has 0 radical (unpaired) electrons. The van der Waals surface area contributed by atoms with Crippen LogP contribution in [0.15, 0.2) is 36.9 Å². The molecule has 0 unspecified atom stereocenters. The van der Waals surface area contributed by atoms with Gasteiger partial charge in [-0.25, -0.2) is 18.4 Å². The van der Waals surface area contributed by atoms with Gasteiger partial charge in [-0.15, -0.1) is 11.3 Å². The Balaban J connectivity index is 1.33. The Morgan fingerprint density at radius 2 is 2.11 bits per heavy atom. The van der Waals surface area contributed by atoms with Crippen LogP contribution in [0.2, 0.25) is 0 Å². The average Bonchev–Trinajstić information content (AvgIpc) is 3.44. The van der Waals surface area contributed by atoms with Crippen molar-refractivity contribution in [3.63, 3.8) is 0 Å². The fraction of sp³-hybridized carbons (Fsp3) is 0.458. The maximum atomic E-state index is 13.2. The molecule has 1 aliphatic heterocycles. The van der Waals surface area contributed by atoms with Crippen LogP contribution in [0.1, 0.15) is 47.7 Å². The van der Waals surface area contributed by atoms with Crippen molar-refractivity contribution in [3.05, 3.63) is 47.6 Å². The van der Waals surface area contributed by atoms with Gasteiger partial charge in [-0.3, -0.25) is 19.5 Å². The van der Waals surface area contributed by atoms with Crippen molar-refractivity contribution >= 4 is 33.0 Å². The summed E-state index contributed by atoms with van der Waals surface area (Å²) in [7, 11) is -3.45. The van der Waals surface area contributed by atoms with Gasteiger partial charge in [-0.2, -0.15) is 0 Å². The third-order valence-corrected chi connectivity index (χ3v) is 8.80. The van der Waals surface area contributed by atoms with Crippen molar-refractivity contribution in [2.24, 2.45) is 0 Å². The zero-order valence-corrected chi connectivity index (χ0v) is 22.3. The zero-order valence-electron chi connectivity index (χ0n) is 20.7. The van der Waals surface area contributed by atoms with Crippen LogP contribution >= 0.6 is 11.3 Å². The van der Waals surface area contributed by atoms with Gasteiger partial charge in [0.05, 0.1) is 65.9 Å². The summed E-state index contributed by atoms with van der Waals surface area (Å²) in [5, 5.41) is 2.80. The van der Waals surface area contributed by atoms with E-state index in [0.717, 1.165) is 6.42 Å². The highest BCUT2D eigenvalue weighted by atomic mass is 32.2. The number of anilines is 1. The van der Waals surface area contributed by atoms with E-state index in [0.29, 0.717) is 60.5 Å². The third-order valence-electron chi connectivity index (χ3n) is 5.91. The first-order valence-electron chi connectivity index (χ1n) is 12.3. The molecule has 1 amide bonds. The molecule has 3 aromatic heterocycles. The molecule has 0 aromatic carbocycles. The van der Waals surface area contributed by atoms with E-state index in [-0.39, 0.29) is 23.0 Å². The minimum Gasteiger partial charge on any atom is -0.477 e. The largest absolute Gasteiger partial charge is 0.477 e. The second-order valence-corrected chi connectivity index (χ2v) is 11.9. The highest BCUT2D eigenvalue weighted by molar-refractivity contribution is 7.93. The van der Waals surface area contributed by atoms with E-state index in [9.17, 15) is 13.2 Å². The molecule has 2 atom stereocenters. The quantitative estimate of drug-likeness (QED) is 0.338. The normalized spacial score (nSPS) is 18.2. The molecule has 1 saturated heterocycles. The number of carbonyl (C=O) groups is 1. The van der Waals surface area contributed by atoms with Crippen LogP contribution in [0, 0.1) is 0 Å². The monoisotopic (exact) mass is 560 g/mol. The summed E-state index contributed by atoms with van der Waals surface area (Å²) < 4.78 is 44.2. The predicted molar refractivity (Wildman–Crippen MR) is 139 cm³/mol. The van der Waals surface area contributed by atoms with Gasteiger partial charge in [0, 0.05) is 19.0 Å². The van der Waals surface area contributed by atoms with Gasteiger partial charge in [-0.1, -0.05) is 0 Å². The first-order valence-corrected chi connectivity index (χ1v) is 14.7. The minimum atomic E-state index is -3.45. The van der Waals surface area contributed by atoms with Crippen LogP contribution in [0.4, 0.5) is 5.69 Å². The Labute approximate surface area is 224 Å². The van der Waals surface area contributed by atoms with E-state index in [1.165, 1.54) is 23.7 Å². The number of nitrogens with zero attached hydrogens (tertiary/aromatic N) is 4. The Hall–Kier alpha value is -3.20. The Morgan fingerprint density at radius 1 is 1.24 bits per heavy atom. The first kappa shape index (κ1) is 26.4. The van der Waals surface area contributed by atoms with Gasteiger partial charge < -0.3 is 19.5 Å². The predicted octanol–water partition coefficient (Wildman–Crippen LogP) is 2.57. The minimum absolute atomic E-state index is 0.0893. The van der Waals surface area contributed by atoms with Crippen LogP contribution in [0.3, 0.4) is 0 Å². The molecular weight excluding hydrogens is 532 g/mol. The van der Waals surface area contributed by atoms with Crippen LogP contribution in [-0.4, -0.2) is 72.0 Å². The summed E-state index contributed by atoms with van der Waals surface area (Å²) in [6.07, 6.45) is 8.14. The van der Waals surface area contributed by atoms with Gasteiger partial charge in [0.15, 0.2) is 5.01 Å². The van der Waals surface area contributed by atoms with E-state index in [1.807, 2.05) is 6.92 Å². The van der Waals surface area contributed by atoms with Gasteiger partial charge in [0.25, 0.3) is 5.91 Å². The molecule has 202 valence electrons. The SMILES string of the molecule is CCOc1cncc(-c2cnc(C(=O)N[C@H](CO[C@@H]3CCOC3)c3cc(NS(=O)(=O)C4CC4)ccn3)s2)n1. The summed E-state index contributed by atoms with van der Waals surface area (Å²) in [5.74, 6) is -0.0296. The maximum Gasteiger partial charge on any atom is 0.280 e. The number of rotatable bonds is 12. The van der Waals surface area contributed by atoms with Gasteiger partial charge >= 0.3 is 0 Å². The molecule has 1 aliphatic carbocycles.